The van der Waals surface area contributed by atoms with Crippen LogP contribution in [0, 0.1) is 5.92 Å². The van der Waals surface area contributed by atoms with Gasteiger partial charge in [-0.15, -0.1) is 0 Å². The predicted octanol–water partition coefficient (Wildman–Crippen LogP) is 3.19. The second-order valence-corrected chi connectivity index (χ2v) is 11.0. The molecule has 41 heavy (non-hydrogen) atoms. The van der Waals surface area contributed by atoms with E-state index in [1.807, 2.05) is 0 Å². The first-order chi connectivity index (χ1) is 19.2. The third-order valence-electron chi connectivity index (χ3n) is 7.68. The fourth-order valence-electron chi connectivity index (χ4n) is 5.24. The maximum Gasteiger partial charge on any atom is 0.414 e. The maximum absolute atomic E-state index is 14.6. The monoisotopic (exact) mass is 578 g/mol. The summed E-state index contributed by atoms with van der Waals surface area (Å²) in [6, 6.07) is 4.81. The zero-order valence-corrected chi connectivity index (χ0v) is 22.4. The molecule has 1 fully saturated rings. The first-order valence-electron chi connectivity index (χ1n) is 13.2. The van der Waals surface area contributed by atoms with Gasteiger partial charge in [-0.1, -0.05) is 0 Å². The number of aliphatic hydroxyl groups is 2. The molecule has 2 amide bonds. The third-order valence-corrected chi connectivity index (χ3v) is 7.68. The van der Waals surface area contributed by atoms with Crippen molar-refractivity contribution in [2.75, 3.05) is 29.9 Å². The van der Waals surface area contributed by atoms with Crippen LogP contribution in [0.1, 0.15) is 53.0 Å². The Hall–Kier alpha value is -3.78. The number of amides is 2. The number of aliphatic hydroxyl groups excluding tert-OH is 1. The molecule has 2 aliphatic heterocycles. The van der Waals surface area contributed by atoms with E-state index >= 15 is 0 Å². The number of hydrogen-bond donors (Lipinski definition) is 3. The molecular formula is C27H30F4N6O4. The quantitative estimate of drug-likeness (QED) is 0.368. The zero-order valence-electron chi connectivity index (χ0n) is 22.4. The number of benzene rings is 1. The molecule has 5 rings (SSSR count). The van der Waals surface area contributed by atoms with E-state index in [9.17, 15) is 37.4 Å². The van der Waals surface area contributed by atoms with Gasteiger partial charge in [0.05, 0.1) is 29.7 Å². The van der Waals surface area contributed by atoms with Gasteiger partial charge in [-0.2, -0.15) is 18.3 Å². The number of carbonyl (C=O) groups excluding carboxylic acids is 2. The van der Waals surface area contributed by atoms with Crippen molar-refractivity contribution in [3.63, 3.8) is 0 Å². The number of fused-ring (bicyclic) bond motifs is 2. The van der Waals surface area contributed by atoms with Gasteiger partial charge in [0.2, 0.25) is 0 Å². The Kier molecular flexibility index (Phi) is 7.40. The second kappa shape index (κ2) is 10.6. The van der Waals surface area contributed by atoms with E-state index in [2.05, 4.69) is 15.4 Å². The highest BCUT2D eigenvalue weighted by atomic mass is 19.4. The standard InChI is InChI=1S/C27H30F4N6O4/c1-26(2,41)21(28)14-36-13-16-10-19(34-24(39)18-12-33-37-7-3-6-32-23(18)37)20(11-17(16)25(36)40)35-8-4-15(5-9-35)22(38)27(29,30)31/h3,6-7,10-12,15,21-22,38,41H,4-5,8-9,13-14H2,1-2H3,(H,34,39)/t21-,22+/m1/s1. The Balaban J connectivity index is 1.45. The summed E-state index contributed by atoms with van der Waals surface area (Å²) < 4.78 is 55.3. The molecule has 2 atom stereocenters. The van der Waals surface area contributed by atoms with Gasteiger partial charge in [0.25, 0.3) is 11.8 Å². The van der Waals surface area contributed by atoms with E-state index in [1.54, 1.807) is 29.3 Å². The van der Waals surface area contributed by atoms with Crippen LogP contribution in [-0.2, 0) is 6.54 Å². The van der Waals surface area contributed by atoms with E-state index in [0.29, 0.717) is 22.6 Å². The first-order valence-corrected chi connectivity index (χ1v) is 13.2. The lowest BCUT2D eigenvalue weighted by atomic mass is 9.90. The first kappa shape index (κ1) is 28.7. The number of anilines is 2. The van der Waals surface area contributed by atoms with Crippen molar-refractivity contribution in [1.82, 2.24) is 19.5 Å². The Morgan fingerprint density at radius 3 is 2.59 bits per heavy atom. The van der Waals surface area contributed by atoms with Crippen molar-refractivity contribution < 1.29 is 37.4 Å². The molecule has 0 unspecified atom stereocenters. The normalized spacial score (nSPS) is 18.1. The summed E-state index contributed by atoms with van der Waals surface area (Å²) >= 11 is 0. The number of carbonyl (C=O) groups is 2. The largest absolute Gasteiger partial charge is 0.414 e. The van der Waals surface area contributed by atoms with Crippen LogP contribution in [-0.4, -0.2) is 85.2 Å². The Morgan fingerprint density at radius 1 is 1.22 bits per heavy atom. The number of nitrogens with zero attached hydrogens (tertiary/aromatic N) is 5. The average Bonchev–Trinajstić information content (AvgIpc) is 3.48. The SMILES string of the molecule is CC(C)(O)[C@H](F)CN1Cc2cc(NC(=O)c3cnn4cccnc34)c(N3CCC([C@H](O)C(F)(F)F)CC3)cc2C1=O. The molecule has 0 saturated carbocycles. The predicted molar refractivity (Wildman–Crippen MR) is 140 cm³/mol. The third kappa shape index (κ3) is 5.71. The van der Waals surface area contributed by atoms with Gasteiger partial charge in [-0.3, -0.25) is 9.59 Å². The summed E-state index contributed by atoms with van der Waals surface area (Å²) in [5, 5.41) is 26.7. The molecule has 0 radical (unpaired) electrons. The lowest BCUT2D eigenvalue weighted by Gasteiger charge is -2.37. The van der Waals surface area contributed by atoms with E-state index in [-0.39, 0.29) is 50.1 Å². The van der Waals surface area contributed by atoms with Gasteiger partial charge >= 0.3 is 6.18 Å². The summed E-state index contributed by atoms with van der Waals surface area (Å²) in [6.07, 6.45) is -4.29. The summed E-state index contributed by atoms with van der Waals surface area (Å²) in [6.45, 7) is 2.61. The maximum atomic E-state index is 14.6. The number of halogens is 4. The highest BCUT2D eigenvalue weighted by Gasteiger charge is 2.44. The highest BCUT2D eigenvalue weighted by Crippen LogP contribution is 2.39. The number of nitrogens with one attached hydrogen (secondary N) is 1. The fourth-order valence-corrected chi connectivity index (χ4v) is 5.24. The molecule has 0 bridgehead atoms. The number of aromatic nitrogens is 3. The van der Waals surface area contributed by atoms with Crippen LogP contribution in [0.25, 0.3) is 5.65 Å². The van der Waals surface area contributed by atoms with Gasteiger partial charge in [0.15, 0.2) is 11.8 Å². The minimum atomic E-state index is -4.73. The van der Waals surface area contributed by atoms with E-state index in [4.69, 9.17) is 0 Å². The van der Waals surface area contributed by atoms with Crippen LogP contribution in [0.5, 0.6) is 0 Å². The minimum Gasteiger partial charge on any atom is -0.387 e. The summed E-state index contributed by atoms with van der Waals surface area (Å²) in [4.78, 5) is 33.8. The summed E-state index contributed by atoms with van der Waals surface area (Å²) in [5.41, 5.74) is 0.369. The second-order valence-electron chi connectivity index (χ2n) is 11.0. The van der Waals surface area contributed by atoms with Crippen molar-refractivity contribution in [3.05, 3.63) is 53.5 Å². The number of hydrogen-bond acceptors (Lipinski definition) is 7. The van der Waals surface area contributed by atoms with Crippen molar-refractivity contribution in [3.8, 4) is 0 Å². The molecule has 2 aliphatic rings. The van der Waals surface area contributed by atoms with Crippen molar-refractivity contribution in [1.29, 1.82) is 0 Å². The van der Waals surface area contributed by atoms with Crippen molar-refractivity contribution in [2.24, 2.45) is 5.92 Å². The van der Waals surface area contributed by atoms with E-state index < -0.39 is 41.8 Å². The van der Waals surface area contributed by atoms with Crippen LogP contribution in [0.4, 0.5) is 28.9 Å². The van der Waals surface area contributed by atoms with E-state index in [0.717, 1.165) is 0 Å². The molecule has 4 heterocycles. The van der Waals surface area contributed by atoms with Crippen LogP contribution in [0.2, 0.25) is 0 Å². The number of piperidine rings is 1. The molecule has 220 valence electrons. The molecule has 2 aromatic heterocycles. The van der Waals surface area contributed by atoms with Gasteiger partial charge in [-0.05, 0) is 56.4 Å². The fraction of sp³-hybridized carbons (Fsp3) is 0.481. The molecule has 3 aromatic rings. The average molecular weight is 579 g/mol. The molecule has 0 aliphatic carbocycles. The van der Waals surface area contributed by atoms with Gasteiger partial charge in [0, 0.05) is 37.6 Å². The Labute approximate surface area is 232 Å². The minimum absolute atomic E-state index is 0.0400. The molecular weight excluding hydrogens is 548 g/mol. The molecule has 3 N–H and O–H groups in total. The van der Waals surface area contributed by atoms with Crippen LogP contribution in [0.15, 0.2) is 36.8 Å². The molecule has 1 aromatic carbocycles. The van der Waals surface area contributed by atoms with Crippen molar-refractivity contribution in [2.45, 2.75) is 57.3 Å². The zero-order chi connectivity index (χ0) is 29.7. The Morgan fingerprint density at radius 2 is 1.93 bits per heavy atom. The summed E-state index contributed by atoms with van der Waals surface area (Å²) in [7, 11) is 0. The van der Waals surface area contributed by atoms with Gasteiger partial charge in [0.1, 0.15) is 11.7 Å². The van der Waals surface area contributed by atoms with Crippen LogP contribution in [0.3, 0.4) is 0 Å². The number of rotatable bonds is 7. The molecule has 14 heteroatoms. The van der Waals surface area contributed by atoms with E-state index in [1.165, 1.54) is 35.7 Å². The van der Waals surface area contributed by atoms with Crippen LogP contribution >= 0.6 is 0 Å². The lowest BCUT2D eigenvalue weighted by Crippen LogP contribution is -2.43. The summed E-state index contributed by atoms with van der Waals surface area (Å²) in [5.74, 6) is -1.97. The number of alkyl halides is 4. The van der Waals surface area contributed by atoms with Gasteiger partial charge < -0.3 is 25.3 Å². The van der Waals surface area contributed by atoms with Crippen LogP contribution < -0.4 is 10.2 Å². The lowest BCUT2D eigenvalue weighted by molar-refractivity contribution is -0.221. The molecule has 1 saturated heterocycles. The highest BCUT2D eigenvalue weighted by molar-refractivity contribution is 6.10. The van der Waals surface area contributed by atoms with Crippen molar-refractivity contribution >= 4 is 28.8 Å². The van der Waals surface area contributed by atoms with Gasteiger partial charge in [-0.25, -0.2) is 13.9 Å². The molecule has 0 spiro atoms. The molecule has 10 nitrogen and oxygen atoms in total. The Bertz CT molecular complexity index is 1460. The topological polar surface area (TPSA) is 123 Å². The smallest absolute Gasteiger partial charge is 0.387 e.